The minimum Gasteiger partial charge on any atom is -0.465 e. The van der Waals surface area contributed by atoms with Crippen LogP contribution < -0.4 is 10.6 Å². The lowest BCUT2D eigenvalue weighted by molar-refractivity contribution is -0.141. The van der Waals surface area contributed by atoms with Crippen LogP contribution in [0.1, 0.15) is 19.8 Å². The van der Waals surface area contributed by atoms with Crippen LogP contribution in [0.25, 0.3) is 0 Å². The minimum absolute atomic E-state index is 0.0675. The van der Waals surface area contributed by atoms with Crippen molar-refractivity contribution in [1.29, 1.82) is 0 Å². The third-order valence-corrected chi connectivity index (χ3v) is 2.87. The second-order valence-electron chi connectivity index (χ2n) is 4.06. The largest absolute Gasteiger partial charge is 0.465 e. The van der Waals surface area contributed by atoms with Crippen LogP contribution in [0.5, 0.6) is 0 Å². The summed E-state index contributed by atoms with van der Waals surface area (Å²) in [5, 5.41) is 5.80. The average Bonchev–Trinajstić information content (AvgIpc) is 2.36. The Balaban J connectivity index is 2.28. The van der Waals surface area contributed by atoms with Crippen molar-refractivity contribution in [3.05, 3.63) is 0 Å². The first-order valence-corrected chi connectivity index (χ1v) is 6.02. The molecule has 1 heterocycles. The second kappa shape index (κ2) is 7.11. The van der Waals surface area contributed by atoms with Gasteiger partial charge in [0.15, 0.2) is 0 Å². The van der Waals surface area contributed by atoms with Gasteiger partial charge in [0, 0.05) is 13.1 Å². The predicted octanol–water partition coefficient (Wildman–Crippen LogP) is -0.0571. The van der Waals surface area contributed by atoms with E-state index >= 15 is 0 Å². The van der Waals surface area contributed by atoms with Gasteiger partial charge in [-0.25, -0.2) is 4.79 Å². The van der Waals surface area contributed by atoms with E-state index in [9.17, 15) is 9.59 Å². The van der Waals surface area contributed by atoms with Gasteiger partial charge in [0.05, 0.1) is 6.61 Å². The van der Waals surface area contributed by atoms with Crippen molar-refractivity contribution in [1.82, 2.24) is 15.5 Å². The summed E-state index contributed by atoms with van der Waals surface area (Å²) in [6, 6.07) is 0.0309. The van der Waals surface area contributed by atoms with Gasteiger partial charge in [-0.2, -0.15) is 0 Å². The number of piperidine rings is 1. The molecule has 0 aromatic carbocycles. The highest BCUT2D eigenvalue weighted by atomic mass is 16.5. The third-order valence-electron chi connectivity index (χ3n) is 2.87. The van der Waals surface area contributed by atoms with E-state index in [4.69, 9.17) is 4.74 Å². The summed E-state index contributed by atoms with van der Waals surface area (Å²) in [5.74, 6) is -0.403. The molecule has 0 radical (unpaired) electrons. The number of nitrogens with zero attached hydrogens (tertiary/aromatic N) is 1. The SMILES string of the molecule is CCOC(=O)CNC(=O)N(C)C1CCNCC1. The summed E-state index contributed by atoms with van der Waals surface area (Å²) in [5.41, 5.74) is 0. The van der Waals surface area contributed by atoms with Crippen molar-refractivity contribution in [2.45, 2.75) is 25.8 Å². The van der Waals surface area contributed by atoms with Crippen LogP contribution in [-0.2, 0) is 9.53 Å². The molecule has 1 fully saturated rings. The zero-order chi connectivity index (χ0) is 12.7. The molecule has 0 atom stereocenters. The molecule has 6 heteroatoms. The van der Waals surface area contributed by atoms with Gasteiger partial charge in [-0.3, -0.25) is 4.79 Å². The van der Waals surface area contributed by atoms with Gasteiger partial charge in [0.1, 0.15) is 6.54 Å². The monoisotopic (exact) mass is 243 g/mol. The summed E-state index contributed by atoms with van der Waals surface area (Å²) < 4.78 is 4.74. The van der Waals surface area contributed by atoms with Crippen LogP contribution in [0.15, 0.2) is 0 Å². The Hall–Kier alpha value is -1.30. The van der Waals surface area contributed by atoms with Gasteiger partial charge in [0.2, 0.25) is 0 Å². The van der Waals surface area contributed by atoms with Crippen LogP contribution in [0.2, 0.25) is 0 Å². The topological polar surface area (TPSA) is 70.7 Å². The van der Waals surface area contributed by atoms with Gasteiger partial charge in [0.25, 0.3) is 0 Å². The molecule has 17 heavy (non-hydrogen) atoms. The number of hydrogen-bond acceptors (Lipinski definition) is 4. The summed E-state index contributed by atoms with van der Waals surface area (Å²) in [6.07, 6.45) is 1.90. The number of carbonyl (C=O) groups is 2. The fourth-order valence-corrected chi connectivity index (χ4v) is 1.84. The fraction of sp³-hybridized carbons (Fsp3) is 0.818. The Morgan fingerprint density at radius 2 is 2.06 bits per heavy atom. The van der Waals surface area contributed by atoms with Gasteiger partial charge in [-0.15, -0.1) is 0 Å². The Bertz CT molecular complexity index is 265. The standard InChI is InChI=1S/C11H21N3O3/c1-3-17-10(15)8-13-11(16)14(2)9-4-6-12-7-5-9/h9,12H,3-8H2,1-2H3,(H,13,16). The van der Waals surface area contributed by atoms with E-state index in [1.165, 1.54) is 0 Å². The quantitative estimate of drug-likeness (QED) is 0.679. The maximum absolute atomic E-state index is 11.7. The highest BCUT2D eigenvalue weighted by Gasteiger charge is 2.21. The third kappa shape index (κ3) is 4.60. The summed E-state index contributed by atoms with van der Waals surface area (Å²) in [4.78, 5) is 24.5. The van der Waals surface area contributed by atoms with E-state index in [2.05, 4.69) is 10.6 Å². The zero-order valence-corrected chi connectivity index (χ0v) is 10.5. The molecule has 0 bridgehead atoms. The van der Waals surface area contributed by atoms with E-state index in [0.717, 1.165) is 25.9 Å². The summed E-state index contributed by atoms with van der Waals surface area (Å²) in [6.45, 7) is 3.86. The lowest BCUT2D eigenvalue weighted by Gasteiger charge is -2.31. The molecule has 0 aromatic rings. The van der Waals surface area contributed by atoms with E-state index in [1.807, 2.05) is 0 Å². The Morgan fingerprint density at radius 3 is 2.65 bits per heavy atom. The van der Waals surface area contributed by atoms with Crippen LogP contribution >= 0.6 is 0 Å². The van der Waals surface area contributed by atoms with Crippen molar-refractivity contribution in [2.24, 2.45) is 0 Å². The van der Waals surface area contributed by atoms with Crippen molar-refractivity contribution in [3.63, 3.8) is 0 Å². The van der Waals surface area contributed by atoms with E-state index < -0.39 is 5.97 Å². The molecule has 1 aliphatic heterocycles. The molecular formula is C11H21N3O3. The van der Waals surface area contributed by atoms with Crippen LogP contribution in [-0.4, -0.2) is 56.2 Å². The second-order valence-corrected chi connectivity index (χ2v) is 4.06. The molecule has 1 aliphatic rings. The van der Waals surface area contributed by atoms with Crippen molar-refractivity contribution in [3.8, 4) is 0 Å². The number of nitrogens with one attached hydrogen (secondary N) is 2. The highest BCUT2D eigenvalue weighted by Crippen LogP contribution is 2.09. The van der Waals surface area contributed by atoms with Crippen LogP contribution in [0.4, 0.5) is 4.79 Å². The number of carbonyl (C=O) groups excluding carboxylic acids is 2. The van der Waals surface area contributed by atoms with Crippen LogP contribution in [0, 0.1) is 0 Å². The number of amides is 2. The molecular weight excluding hydrogens is 222 g/mol. The van der Waals surface area contributed by atoms with E-state index in [-0.39, 0.29) is 18.6 Å². The first kappa shape index (κ1) is 13.8. The molecule has 1 rings (SSSR count). The Labute approximate surface area is 102 Å². The zero-order valence-electron chi connectivity index (χ0n) is 10.5. The lowest BCUT2D eigenvalue weighted by atomic mass is 10.1. The van der Waals surface area contributed by atoms with E-state index in [1.54, 1.807) is 18.9 Å². The van der Waals surface area contributed by atoms with Crippen molar-refractivity contribution in [2.75, 3.05) is 33.3 Å². The molecule has 0 aromatic heterocycles. The first-order chi connectivity index (χ1) is 8.15. The molecule has 0 aliphatic carbocycles. The number of urea groups is 1. The maximum Gasteiger partial charge on any atom is 0.325 e. The van der Waals surface area contributed by atoms with E-state index in [0.29, 0.717) is 6.61 Å². The predicted molar refractivity (Wildman–Crippen MR) is 63.7 cm³/mol. The molecule has 6 nitrogen and oxygen atoms in total. The molecule has 2 N–H and O–H groups in total. The number of hydrogen-bond donors (Lipinski definition) is 2. The van der Waals surface area contributed by atoms with Crippen LogP contribution in [0.3, 0.4) is 0 Å². The van der Waals surface area contributed by atoms with Gasteiger partial charge in [-0.1, -0.05) is 0 Å². The van der Waals surface area contributed by atoms with Gasteiger partial charge < -0.3 is 20.3 Å². The fourth-order valence-electron chi connectivity index (χ4n) is 1.84. The number of rotatable bonds is 4. The number of ether oxygens (including phenoxy) is 1. The van der Waals surface area contributed by atoms with Crippen molar-refractivity contribution >= 4 is 12.0 Å². The summed E-state index contributed by atoms with van der Waals surface area (Å²) >= 11 is 0. The van der Waals surface area contributed by atoms with Gasteiger partial charge >= 0.3 is 12.0 Å². The molecule has 0 saturated carbocycles. The smallest absolute Gasteiger partial charge is 0.325 e. The number of esters is 1. The minimum atomic E-state index is -0.403. The molecule has 98 valence electrons. The molecule has 0 unspecified atom stereocenters. The summed E-state index contributed by atoms with van der Waals surface area (Å²) in [7, 11) is 1.76. The molecule has 0 spiro atoms. The van der Waals surface area contributed by atoms with Crippen molar-refractivity contribution < 1.29 is 14.3 Å². The Kier molecular flexibility index (Phi) is 5.76. The first-order valence-electron chi connectivity index (χ1n) is 6.02. The van der Waals surface area contributed by atoms with Gasteiger partial charge in [-0.05, 0) is 32.9 Å². The normalized spacial score (nSPS) is 16.4. The highest BCUT2D eigenvalue weighted by molar-refractivity contribution is 5.80. The molecule has 2 amide bonds. The average molecular weight is 243 g/mol. The molecule has 1 saturated heterocycles. The maximum atomic E-state index is 11.7. The lowest BCUT2D eigenvalue weighted by Crippen LogP contribution is -2.48. The Morgan fingerprint density at radius 1 is 1.41 bits per heavy atom.